The molecule has 0 aliphatic carbocycles. The molecule has 1 unspecified atom stereocenters. The molecule has 0 saturated heterocycles. The summed E-state index contributed by atoms with van der Waals surface area (Å²) in [6.45, 7) is 3.60. The summed E-state index contributed by atoms with van der Waals surface area (Å²) in [4.78, 5) is 28.6. The van der Waals surface area contributed by atoms with E-state index in [1.807, 2.05) is 38.1 Å². The number of aryl methyl sites for hydroxylation is 1. The van der Waals surface area contributed by atoms with Crippen molar-refractivity contribution in [2.75, 3.05) is 13.1 Å². The number of rotatable bonds is 6. The summed E-state index contributed by atoms with van der Waals surface area (Å²) in [6.07, 6.45) is 0. The van der Waals surface area contributed by atoms with Crippen LogP contribution in [0.15, 0.2) is 24.3 Å². The van der Waals surface area contributed by atoms with Crippen molar-refractivity contribution >= 4 is 47.2 Å². The topological polar surface area (TPSA) is 97.1 Å². The van der Waals surface area contributed by atoms with Crippen molar-refractivity contribution in [1.82, 2.24) is 15.6 Å². The molecule has 2 aromatic rings. The number of hydrogen-bond acceptors (Lipinski definition) is 5. The van der Waals surface area contributed by atoms with E-state index in [-0.39, 0.29) is 43.4 Å². The highest BCUT2D eigenvalue weighted by molar-refractivity contribution is 7.12. The molecule has 0 spiro atoms. The van der Waals surface area contributed by atoms with Gasteiger partial charge < -0.3 is 16.4 Å². The van der Waals surface area contributed by atoms with Crippen LogP contribution in [-0.2, 0) is 9.59 Å². The number of halogens is 2. The van der Waals surface area contributed by atoms with E-state index in [2.05, 4.69) is 15.6 Å². The lowest BCUT2D eigenvalue weighted by atomic mass is 10.1. The van der Waals surface area contributed by atoms with Gasteiger partial charge in [-0.05, 0) is 26.0 Å². The Labute approximate surface area is 161 Å². The molecule has 0 bridgehead atoms. The smallest absolute Gasteiger partial charge is 0.239 e. The average molecular weight is 403 g/mol. The normalized spacial score (nSPS) is 11.4. The maximum atomic E-state index is 11.8. The quantitative estimate of drug-likeness (QED) is 0.690. The minimum atomic E-state index is -0.368. The molecule has 0 fully saturated rings. The second-order valence-corrected chi connectivity index (χ2v) is 6.91. The number of carbonyl (C=O) groups excluding carboxylic acids is 2. The van der Waals surface area contributed by atoms with Gasteiger partial charge in [-0.2, -0.15) is 0 Å². The van der Waals surface area contributed by atoms with Crippen LogP contribution < -0.4 is 16.4 Å². The summed E-state index contributed by atoms with van der Waals surface area (Å²) in [6, 6.07) is 7.22. The molecular weight excluding hydrogens is 383 g/mol. The summed E-state index contributed by atoms with van der Waals surface area (Å²) < 4.78 is 0. The van der Waals surface area contributed by atoms with Crippen LogP contribution in [0, 0.1) is 6.92 Å². The van der Waals surface area contributed by atoms with Gasteiger partial charge in [-0.25, -0.2) is 4.98 Å². The summed E-state index contributed by atoms with van der Waals surface area (Å²) in [5, 5.41) is 6.72. The summed E-state index contributed by atoms with van der Waals surface area (Å²) in [5.74, 6) is -0.655. The molecule has 25 heavy (non-hydrogen) atoms. The number of nitrogens with one attached hydrogen (secondary N) is 2. The molecule has 136 valence electrons. The van der Waals surface area contributed by atoms with E-state index in [4.69, 9.17) is 17.3 Å². The lowest BCUT2D eigenvalue weighted by Crippen LogP contribution is -2.40. The Morgan fingerprint density at radius 2 is 1.92 bits per heavy atom. The van der Waals surface area contributed by atoms with Crippen molar-refractivity contribution in [3.05, 3.63) is 39.2 Å². The second kappa shape index (κ2) is 9.72. The van der Waals surface area contributed by atoms with Crippen LogP contribution >= 0.6 is 35.3 Å². The van der Waals surface area contributed by atoms with Gasteiger partial charge in [0, 0.05) is 15.5 Å². The molecule has 1 aromatic heterocycles. The first-order chi connectivity index (χ1) is 11.4. The van der Waals surface area contributed by atoms with E-state index < -0.39 is 0 Å². The predicted molar refractivity (Wildman–Crippen MR) is 103 cm³/mol. The second-order valence-electron chi connectivity index (χ2n) is 5.23. The van der Waals surface area contributed by atoms with Crippen LogP contribution in [0.25, 0.3) is 11.3 Å². The maximum absolute atomic E-state index is 11.8. The van der Waals surface area contributed by atoms with Gasteiger partial charge in [-0.15, -0.1) is 23.7 Å². The highest BCUT2D eigenvalue weighted by atomic mass is 35.5. The molecule has 1 aromatic carbocycles. The lowest BCUT2D eigenvalue weighted by molar-refractivity contribution is -0.125. The van der Waals surface area contributed by atoms with Crippen molar-refractivity contribution in [2.45, 2.75) is 19.9 Å². The van der Waals surface area contributed by atoms with Gasteiger partial charge in [0.15, 0.2) is 0 Å². The first-order valence-electron chi connectivity index (χ1n) is 7.40. The number of hydrogen-bond donors (Lipinski definition) is 3. The number of benzene rings is 1. The Hall–Kier alpha value is -1.67. The van der Waals surface area contributed by atoms with E-state index in [0.717, 1.165) is 21.1 Å². The van der Waals surface area contributed by atoms with Crippen LogP contribution in [0.2, 0.25) is 5.02 Å². The number of nitrogens with zero attached hydrogens (tertiary/aromatic N) is 1. The Kier molecular flexibility index (Phi) is 8.31. The largest absolute Gasteiger partial charge is 0.346 e. The van der Waals surface area contributed by atoms with E-state index in [9.17, 15) is 9.59 Å². The fraction of sp³-hybridized carbons (Fsp3) is 0.312. The Morgan fingerprint density at radius 1 is 1.28 bits per heavy atom. The standard InChI is InChI=1S/C16H19ClN4O2S.ClH/c1-9(20-14(23)8-19-13(22)7-18)16-21-15(10(2)24-16)11-3-5-12(17)6-4-11;/h3-6,9H,7-8,18H2,1-2H3,(H,19,22)(H,20,23);1H. The molecule has 1 heterocycles. The molecule has 0 aliphatic rings. The zero-order valence-corrected chi connectivity index (χ0v) is 16.2. The number of amides is 2. The van der Waals surface area contributed by atoms with Crippen LogP contribution in [0.1, 0.15) is 22.9 Å². The number of aromatic nitrogens is 1. The fourth-order valence-corrected chi connectivity index (χ4v) is 3.16. The van der Waals surface area contributed by atoms with Crippen molar-refractivity contribution in [1.29, 1.82) is 0 Å². The lowest BCUT2D eigenvalue weighted by Gasteiger charge is -2.11. The average Bonchev–Trinajstić information content (AvgIpc) is 2.95. The van der Waals surface area contributed by atoms with Gasteiger partial charge in [0.25, 0.3) is 0 Å². The van der Waals surface area contributed by atoms with Gasteiger partial charge in [-0.1, -0.05) is 23.7 Å². The van der Waals surface area contributed by atoms with Crippen LogP contribution in [-0.4, -0.2) is 29.9 Å². The van der Waals surface area contributed by atoms with Crippen molar-refractivity contribution in [2.24, 2.45) is 5.73 Å². The highest BCUT2D eigenvalue weighted by Gasteiger charge is 2.17. The fourth-order valence-electron chi connectivity index (χ4n) is 2.08. The van der Waals surface area contributed by atoms with Gasteiger partial charge in [0.05, 0.1) is 24.8 Å². The summed E-state index contributed by atoms with van der Waals surface area (Å²) in [5.41, 5.74) is 7.03. The predicted octanol–water partition coefficient (Wildman–Crippen LogP) is 2.45. The number of carbonyl (C=O) groups is 2. The molecular formula is C16H20Cl2N4O2S. The first kappa shape index (κ1) is 21.4. The summed E-state index contributed by atoms with van der Waals surface area (Å²) >= 11 is 7.44. The molecule has 6 nitrogen and oxygen atoms in total. The number of nitrogens with two attached hydrogens (primary N) is 1. The van der Waals surface area contributed by atoms with Crippen molar-refractivity contribution in [3.8, 4) is 11.3 Å². The van der Waals surface area contributed by atoms with Gasteiger partial charge in [0.1, 0.15) is 5.01 Å². The van der Waals surface area contributed by atoms with Crippen LogP contribution in [0.4, 0.5) is 0 Å². The van der Waals surface area contributed by atoms with Gasteiger partial charge in [-0.3, -0.25) is 9.59 Å². The minimum Gasteiger partial charge on any atom is -0.346 e. The Bertz CT molecular complexity index is 734. The molecule has 9 heteroatoms. The Balaban J connectivity index is 0.00000312. The maximum Gasteiger partial charge on any atom is 0.239 e. The highest BCUT2D eigenvalue weighted by Crippen LogP contribution is 2.31. The molecule has 2 amide bonds. The number of thiazole rings is 1. The molecule has 1 atom stereocenters. The zero-order chi connectivity index (χ0) is 17.7. The third kappa shape index (κ3) is 5.97. The van der Waals surface area contributed by atoms with E-state index >= 15 is 0 Å². The van der Waals surface area contributed by atoms with E-state index in [0.29, 0.717) is 5.02 Å². The summed E-state index contributed by atoms with van der Waals surface area (Å²) in [7, 11) is 0. The molecule has 0 aliphatic heterocycles. The third-order valence-electron chi connectivity index (χ3n) is 3.31. The molecule has 0 radical (unpaired) electrons. The van der Waals surface area contributed by atoms with Crippen molar-refractivity contribution < 1.29 is 9.59 Å². The molecule has 4 N–H and O–H groups in total. The SMILES string of the molecule is Cc1sc(C(C)NC(=O)CNC(=O)CN)nc1-c1ccc(Cl)cc1.Cl. The van der Waals surface area contributed by atoms with Gasteiger partial charge in [0.2, 0.25) is 11.8 Å². The van der Waals surface area contributed by atoms with E-state index in [1.54, 1.807) is 0 Å². The van der Waals surface area contributed by atoms with Crippen LogP contribution in [0.5, 0.6) is 0 Å². The Morgan fingerprint density at radius 3 is 2.52 bits per heavy atom. The monoisotopic (exact) mass is 402 g/mol. The first-order valence-corrected chi connectivity index (χ1v) is 8.59. The zero-order valence-electron chi connectivity index (χ0n) is 13.8. The van der Waals surface area contributed by atoms with Crippen molar-refractivity contribution in [3.63, 3.8) is 0 Å². The third-order valence-corrected chi connectivity index (χ3v) is 4.72. The minimum absolute atomic E-state index is 0. The molecule has 0 saturated carbocycles. The van der Waals surface area contributed by atoms with Crippen LogP contribution in [0.3, 0.4) is 0 Å². The molecule has 2 rings (SSSR count). The van der Waals surface area contributed by atoms with E-state index in [1.165, 1.54) is 11.3 Å². The van der Waals surface area contributed by atoms with Gasteiger partial charge >= 0.3 is 0 Å².